The van der Waals surface area contributed by atoms with Crippen LogP contribution in [0.1, 0.15) is 57.1 Å². The van der Waals surface area contributed by atoms with E-state index in [9.17, 15) is 14.7 Å². The largest absolute Gasteiger partial charge is 0.396 e. The van der Waals surface area contributed by atoms with Crippen LogP contribution in [0.5, 0.6) is 0 Å². The number of amides is 2. The average Bonchev–Trinajstić information content (AvgIpc) is 3.38. The molecule has 0 unspecified atom stereocenters. The van der Waals surface area contributed by atoms with E-state index in [2.05, 4.69) is 41.6 Å². The fraction of sp³-hybridized carbons (Fsp3) is 0.548. The predicted molar refractivity (Wildman–Crippen MR) is 160 cm³/mol. The lowest BCUT2D eigenvalue weighted by Crippen LogP contribution is -2.49. The standard InChI is InChI=1S/C31H39Cl2FN4O3/c1-30(2,3)16-25-31(21-14-23(34)22(33)15-24(21)36-29(31)41)26(19-5-4-6-20(32)13-19)27(37-25)28(40)35-9-12-38-10-7-18(17-39)8-11-38/h4-6,13-15,18,25-27,37,39H,7-12,16-17H2,1-3H3,(H,35,40)(H,36,41)/t25-,26+,27-,31+/m1/s1. The second-order valence-electron chi connectivity index (χ2n) is 12.9. The number of hydrogen-bond donors (Lipinski definition) is 4. The van der Waals surface area contributed by atoms with Gasteiger partial charge in [-0.25, -0.2) is 4.39 Å². The van der Waals surface area contributed by atoms with Gasteiger partial charge in [-0.05, 0) is 79.1 Å². The number of anilines is 1. The molecule has 7 nitrogen and oxygen atoms in total. The lowest BCUT2D eigenvalue weighted by atomic mass is 9.62. The highest BCUT2D eigenvalue weighted by Gasteiger charge is 2.65. The second-order valence-corrected chi connectivity index (χ2v) is 13.7. The Morgan fingerprint density at radius 1 is 1.20 bits per heavy atom. The van der Waals surface area contributed by atoms with Gasteiger partial charge < -0.3 is 26.0 Å². The van der Waals surface area contributed by atoms with E-state index in [0.717, 1.165) is 31.5 Å². The molecule has 1 spiro atoms. The van der Waals surface area contributed by atoms with Gasteiger partial charge in [0.25, 0.3) is 0 Å². The zero-order valence-electron chi connectivity index (χ0n) is 23.8. The third kappa shape index (κ3) is 5.87. The Balaban J connectivity index is 1.52. The summed E-state index contributed by atoms with van der Waals surface area (Å²) in [5.74, 6) is -1.43. The molecule has 0 radical (unpaired) electrons. The van der Waals surface area contributed by atoms with Crippen molar-refractivity contribution in [2.24, 2.45) is 11.3 Å². The number of rotatable bonds is 7. The SMILES string of the molecule is CC(C)(C)C[C@H]1N[C@@H](C(=O)NCCN2CCC(CO)CC2)[C@H](c2cccc(Cl)c2)[C@@]12C(=O)Nc1cc(Cl)c(F)cc12. The van der Waals surface area contributed by atoms with Crippen LogP contribution < -0.4 is 16.0 Å². The van der Waals surface area contributed by atoms with Crippen LogP contribution >= 0.6 is 23.2 Å². The summed E-state index contributed by atoms with van der Waals surface area (Å²) in [6.07, 6.45) is 2.44. The number of nitrogens with zero attached hydrogens (tertiary/aromatic N) is 1. The molecule has 0 aliphatic carbocycles. The minimum absolute atomic E-state index is 0.0731. The van der Waals surface area contributed by atoms with E-state index in [1.54, 1.807) is 12.1 Å². The van der Waals surface area contributed by atoms with E-state index in [4.69, 9.17) is 23.2 Å². The van der Waals surface area contributed by atoms with Gasteiger partial charge in [0.15, 0.2) is 0 Å². The molecule has 4 N–H and O–H groups in total. The first-order valence-corrected chi connectivity index (χ1v) is 15.1. The van der Waals surface area contributed by atoms with Crippen LogP contribution in [0, 0.1) is 17.2 Å². The molecule has 0 saturated carbocycles. The summed E-state index contributed by atoms with van der Waals surface area (Å²) in [5, 5.41) is 19.5. The number of aliphatic hydroxyl groups is 1. The smallest absolute Gasteiger partial charge is 0.237 e. The monoisotopic (exact) mass is 604 g/mol. The van der Waals surface area contributed by atoms with Crippen molar-refractivity contribution in [3.63, 3.8) is 0 Å². The summed E-state index contributed by atoms with van der Waals surface area (Å²) in [6, 6.07) is 8.79. The highest BCUT2D eigenvalue weighted by Crippen LogP contribution is 2.57. The summed E-state index contributed by atoms with van der Waals surface area (Å²) < 4.78 is 15.0. The molecule has 3 heterocycles. The van der Waals surface area contributed by atoms with Crippen LogP contribution in [0.2, 0.25) is 10.0 Å². The number of likely N-dealkylation sites (tertiary alicyclic amines) is 1. The Morgan fingerprint density at radius 3 is 2.59 bits per heavy atom. The summed E-state index contributed by atoms with van der Waals surface area (Å²) >= 11 is 12.6. The normalized spacial score (nSPS) is 26.8. The van der Waals surface area contributed by atoms with E-state index in [-0.39, 0.29) is 28.9 Å². The Hall–Kier alpha value is -2.23. The van der Waals surface area contributed by atoms with E-state index < -0.39 is 29.2 Å². The maximum Gasteiger partial charge on any atom is 0.237 e. The molecule has 2 aromatic rings. The van der Waals surface area contributed by atoms with E-state index >= 15 is 4.39 Å². The van der Waals surface area contributed by atoms with Crippen LogP contribution in [-0.2, 0) is 15.0 Å². The first-order chi connectivity index (χ1) is 19.4. The molecule has 2 aromatic carbocycles. The van der Waals surface area contributed by atoms with Crippen LogP contribution in [0.4, 0.5) is 10.1 Å². The Labute approximate surface area is 251 Å². The summed E-state index contributed by atoms with van der Waals surface area (Å²) in [5.41, 5.74) is 0.210. The molecule has 2 amide bonds. The quantitative estimate of drug-likeness (QED) is 0.367. The van der Waals surface area contributed by atoms with Gasteiger partial charge in [0.1, 0.15) is 11.2 Å². The van der Waals surface area contributed by atoms with Crippen molar-refractivity contribution in [3.8, 4) is 0 Å². The number of benzene rings is 2. The fourth-order valence-corrected chi connectivity index (χ4v) is 7.34. The molecule has 4 atom stereocenters. The topological polar surface area (TPSA) is 93.7 Å². The molecule has 10 heteroatoms. The molecule has 222 valence electrons. The van der Waals surface area contributed by atoms with Crippen molar-refractivity contribution in [2.45, 2.75) is 63.5 Å². The molecule has 5 rings (SSSR count). The van der Waals surface area contributed by atoms with Crippen molar-refractivity contribution in [1.82, 2.24) is 15.5 Å². The molecular weight excluding hydrogens is 566 g/mol. The summed E-state index contributed by atoms with van der Waals surface area (Å²) in [4.78, 5) is 30.4. The molecular formula is C31H39Cl2FN4O3. The van der Waals surface area contributed by atoms with Gasteiger partial charge in [0, 0.05) is 42.4 Å². The van der Waals surface area contributed by atoms with Gasteiger partial charge >= 0.3 is 0 Å². The number of carbonyl (C=O) groups excluding carboxylic acids is 2. The number of halogens is 3. The molecule has 41 heavy (non-hydrogen) atoms. The van der Waals surface area contributed by atoms with Crippen LogP contribution in [0.25, 0.3) is 0 Å². The first kappa shape index (κ1) is 30.2. The number of piperidine rings is 1. The number of aliphatic hydroxyl groups excluding tert-OH is 1. The van der Waals surface area contributed by atoms with Gasteiger partial charge in [-0.2, -0.15) is 0 Å². The number of nitrogens with one attached hydrogen (secondary N) is 3. The van der Waals surface area contributed by atoms with Crippen molar-refractivity contribution in [3.05, 3.63) is 63.4 Å². The molecule has 0 aromatic heterocycles. The average molecular weight is 606 g/mol. The Morgan fingerprint density at radius 2 is 1.93 bits per heavy atom. The second kappa shape index (κ2) is 11.8. The number of hydrogen-bond acceptors (Lipinski definition) is 5. The van der Waals surface area contributed by atoms with Crippen LogP contribution in [-0.4, -0.2) is 66.7 Å². The Kier molecular flexibility index (Phi) is 8.71. The molecule has 3 aliphatic heterocycles. The number of carbonyl (C=O) groups is 2. The minimum atomic E-state index is -1.27. The van der Waals surface area contributed by atoms with E-state index in [0.29, 0.717) is 41.7 Å². The van der Waals surface area contributed by atoms with Gasteiger partial charge in [-0.3, -0.25) is 9.59 Å². The molecule has 2 fully saturated rings. The minimum Gasteiger partial charge on any atom is -0.396 e. The summed E-state index contributed by atoms with van der Waals surface area (Å²) in [6.45, 7) is 9.38. The summed E-state index contributed by atoms with van der Waals surface area (Å²) in [7, 11) is 0. The molecule has 0 bridgehead atoms. The fourth-order valence-electron chi connectivity index (χ4n) is 6.97. The van der Waals surface area contributed by atoms with Gasteiger partial charge in [-0.1, -0.05) is 56.1 Å². The highest BCUT2D eigenvalue weighted by molar-refractivity contribution is 6.31. The molecule has 2 saturated heterocycles. The van der Waals surface area contributed by atoms with Crippen LogP contribution in [0.15, 0.2) is 36.4 Å². The van der Waals surface area contributed by atoms with Crippen molar-refractivity contribution in [1.29, 1.82) is 0 Å². The Bertz CT molecular complexity index is 1310. The maximum absolute atomic E-state index is 15.0. The van der Waals surface area contributed by atoms with E-state index in [1.807, 2.05) is 12.1 Å². The zero-order chi connectivity index (χ0) is 29.5. The lowest BCUT2D eigenvalue weighted by molar-refractivity contribution is -0.123. The van der Waals surface area contributed by atoms with E-state index in [1.165, 1.54) is 12.1 Å². The van der Waals surface area contributed by atoms with Crippen LogP contribution in [0.3, 0.4) is 0 Å². The van der Waals surface area contributed by atoms with Crippen molar-refractivity contribution in [2.75, 3.05) is 38.1 Å². The highest BCUT2D eigenvalue weighted by atomic mass is 35.5. The van der Waals surface area contributed by atoms with Crippen molar-refractivity contribution >= 4 is 40.7 Å². The number of fused-ring (bicyclic) bond motifs is 2. The lowest BCUT2D eigenvalue weighted by Gasteiger charge is -2.37. The first-order valence-electron chi connectivity index (χ1n) is 14.4. The van der Waals surface area contributed by atoms with Gasteiger partial charge in [0.2, 0.25) is 11.8 Å². The predicted octanol–water partition coefficient (Wildman–Crippen LogP) is 4.70. The van der Waals surface area contributed by atoms with Gasteiger partial charge in [0.05, 0.1) is 11.1 Å². The maximum atomic E-state index is 15.0. The van der Waals surface area contributed by atoms with Gasteiger partial charge in [-0.15, -0.1) is 0 Å². The third-order valence-corrected chi connectivity index (χ3v) is 9.41. The van der Waals surface area contributed by atoms with Crippen molar-refractivity contribution < 1.29 is 19.1 Å². The molecule has 3 aliphatic rings. The zero-order valence-corrected chi connectivity index (χ0v) is 25.3. The third-order valence-electron chi connectivity index (χ3n) is 8.88.